The predicted molar refractivity (Wildman–Crippen MR) is 68.0 cm³/mol. The average molecular weight is 240 g/mol. The summed E-state index contributed by atoms with van der Waals surface area (Å²) in [5.74, 6) is 2.08. The topological polar surface area (TPSA) is 46.3 Å². The summed E-state index contributed by atoms with van der Waals surface area (Å²) < 4.78 is 0. The van der Waals surface area contributed by atoms with Gasteiger partial charge in [0.15, 0.2) is 0 Å². The summed E-state index contributed by atoms with van der Waals surface area (Å²) in [7, 11) is 0. The molecule has 0 aromatic rings. The molecule has 2 atom stereocenters. The van der Waals surface area contributed by atoms with E-state index in [9.17, 15) is 4.79 Å². The lowest BCUT2D eigenvalue weighted by Crippen LogP contribution is -2.35. The third kappa shape index (κ3) is 2.21. The van der Waals surface area contributed by atoms with Crippen LogP contribution in [0.4, 0.5) is 0 Å². The zero-order chi connectivity index (χ0) is 11.7. The summed E-state index contributed by atoms with van der Waals surface area (Å²) in [5, 5.41) is 0. The van der Waals surface area contributed by atoms with Gasteiger partial charge in [0, 0.05) is 25.4 Å². The van der Waals surface area contributed by atoms with Gasteiger partial charge in [0.25, 0.3) is 0 Å². The predicted octanol–water partition coefficient (Wildman–Crippen LogP) is 1.56. The van der Waals surface area contributed by atoms with E-state index in [1.165, 1.54) is 19.3 Å². The molecule has 2 rings (SSSR count). The summed E-state index contributed by atoms with van der Waals surface area (Å²) in [6.07, 6.45) is 4.48. The van der Waals surface area contributed by atoms with Crippen molar-refractivity contribution in [3.8, 4) is 0 Å². The van der Waals surface area contributed by atoms with Gasteiger partial charge in [-0.05, 0) is 31.6 Å². The third-order valence-corrected chi connectivity index (χ3v) is 4.22. The number of carbonyl (C=O) groups is 1. The molecule has 2 aliphatic carbocycles. The molecule has 2 saturated carbocycles. The fraction of sp³-hybridized carbons (Fsp3) is 0.833. The number of hydrogen-bond donors (Lipinski definition) is 1. The van der Waals surface area contributed by atoms with Crippen molar-refractivity contribution >= 4 is 23.1 Å². The molecule has 3 nitrogen and oxygen atoms in total. The minimum Gasteiger partial charge on any atom is -0.393 e. The standard InChI is InChI=1S/C12H20N2OS/c1-2-14(7-6-10(13)16)12(15)11-8-4-3-5-9(8)11/h8-9,11H,2-7H2,1H3,(H2,13,16). The zero-order valence-corrected chi connectivity index (χ0v) is 10.6. The lowest BCUT2D eigenvalue weighted by atomic mass is 10.1. The summed E-state index contributed by atoms with van der Waals surface area (Å²) in [4.78, 5) is 14.6. The number of thiocarbonyl (C=S) groups is 1. The largest absolute Gasteiger partial charge is 0.393 e. The van der Waals surface area contributed by atoms with Crippen molar-refractivity contribution in [1.29, 1.82) is 0 Å². The van der Waals surface area contributed by atoms with Crippen LogP contribution in [-0.2, 0) is 4.79 Å². The highest BCUT2D eigenvalue weighted by Crippen LogP contribution is 2.58. The molecule has 0 radical (unpaired) electrons. The summed E-state index contributed by atoms with van der Waals surface area (Å²) >= 11 is 4.85. The average Bonchev–Trinajstić information content (AvgIpc) is 2.72. The van der Waals surface area contributed by atoms with Crippen molar-refractivity contribution < 1.29 is 4.79 Å². The van der Waals surface area contributed by atoms with E-state index in [0.29, 0.717) is 41.6 Å². The van der Waals surface area contributed by atoms with Gasteiger partial charge in [-0.15, -0.1) is 0 Å². The first-order valence-electron chi connectivity index (χ1n) is 6.22. The van der Waals surface area contributed by atoms with Gasteiger partial charge in [0.2, 0.25) is 5.91 Å². The maximum Gasteiger partial charge on any atom is 0.226 e. The Bertz CT molecular complexity index is 295. The second kappa shape index (κ2) is 4.70. The van der Waals surface area contributed by atoms with Crippen LogP contribution < -0.4 is 5.73 Å². The molecule has 2 aliphatic rings. The Hall–Kier alpha value is -0.640. The van der Waals surface area contributed by atoms with Crippen LogP contribution in [0.1, 0.15) is 32.6 Å². The Morgan fingerprint density at radius 2 is 2.06 bits per heavy atom. The molecule has 1 amide bonds. The van der Waals surface area contributed by atoms with Crippen LogP contribution in [0.2, 0.25) is 0 Å². The third-order valence-electron chi connectivity index (χ3n) is 4.01. The van der Waals surface area contributed by atoms with Crippen LogP contribution >= 0.6 is 12.2 Å². The first kappa shape index (κ1) is 11.8. The molecule has 16 heavy (non-hydrogen) atoms. The van der Waals surface area contributed by atoms with Gasteiger partial charge < -0.3 is 10.6 Å². The highest BCUT2D eigenvalue weighted by Gasteiger charge is 2.57. The van der Waals surface area contributed by atoms with Crippen LogP contribution in [-0.4, -0.2) is 28.9 Å². The molecule has 90 valence electrons. The number of hydrogen-bond acceptors (Lipinski definition) is 2. The SMILES string of the molecule is CCN(CCC(N)=S)C(=O)C1C2CCCC21. The molecule has 2 fully saturated rings. The van der Waals surface area contributed by atoms with E-state index in [-0.39, 0.29) is 0 Å². The van der Waals surface area contributed by atoms with Crippen molar-refractivity contribution in [1.82, 2.24) is 4.90 Å². The van der Waals surface area contributed by atoms with E-state index >= 15 is 0 Å². The first-order valence-corrected chi connectivity index (χ1v) is 6.63. The maximum atomic E-state index is 12.2. The van der Waals surface area contributed by atoms with Gasteiger partial charge in [-0.25, -0.2) is 0 Å². The maximum absolute atomic E-state index is 12.2. The number of nitrogens with two attached hydrogens (primary N) is 1. The number of rotatable bonds is 5. The van der Waals surface area contributed by atoms with Crippen molar-refractivity contribution in [3.63, 3.8) is 0 Å². The monoisotopic (exact) mass is 240 g/mol. The van der Waals surface area contributed by atoms with Gasteiger partial charge in [0.05, 0.1) is 4.99 Å². The Labute approximate surface area is 102 Å². The van der Waals surface area contributed by atoms with E-state index < -0.39 is 0 Å². The molecule has 0 spiro atoms. The zero-order valence-electron chi connectivity index (χ0n) is 9.82. The van der Waals surface area contributed by atoms with Gasteiger partial charge in [-0.3, -0.25) is 4.79 Å². The number of nitrogens with zero attached hydrogens (tertiary/aromatic N) is 1. The summed E-state index contributed by atoms with van der Waals surface area (Å²) in [6, 6.07) is 0. The molecule has 4 heteroatoms. The summed E-state index contributed by atoms with van der Waals surface area (Å²) in [5.41, 5.74) is 5.47. The van der Waals surface area contributed by atoms with E-state index in [1.54, 1.807) is 0 Å². The first-order chi connectivity index (χ1) is 7.65. The minimum atomic E-state index is 0.333. The smallest absolute Gasteiger partial charge is 0.226 e. The minimum absolute atomic E-state index is 0.333. The van der Waals surface area contributed by atoms with E-state index in [1.807, 2.05) is 11.8 Å². The number of carbonyl (C=O) groups excluding carboxylic acids is 1. The highest BCUT2D eigenvalue weighted by atomic mass is 32.1. The Morgan fingerprint density at radius 3 is 2.56 bits per heavy atom. The van der Waals surface area contributed by atoms with Crippen LogP contribution in [0.15, 0.2) is 0 Å². The normalized spacial score (nSPS) is 30.9. The van der Waals surface area contributed by atoms with E-state index in [2.05, 4.69) is 0 Å². The van der Waals surface area contributed by atoms with E-state index in [0.717, 1.165) is 6.54 Å². The number of amides is 1. The molecule has 0 aromatic carbocycles. The molecular formula is C12H20N2OS. The molecular weight excluding hydrogens is 220 g/mol. The summed E-state index contributed by atoms with van der Waals surface area (Å²) in [6.45, 7) is 3.49. The van der Waals surface area contributed by atoms with Gasteiger partial charge >= 0.3 is 0 Å². The molecule has 2 unspecified atom stereocenters. The molecule has 0 saturated heterocycles. The lowest BCUT2D eigenvalue weighted by molar-refractivity contribution is -0.133. The van der Waals surface area contributed by atoms with Crippen LogP contribution in [0.5, 0.6) is 0 Å². The van der Waals surface area contributed by atoms with Gasteiger partial charge in [-0.1, -0.05) is 18.6 Å². The Kier molecular flexibility index (Phi) is 3.47. The number of fused-ring (bicyclic) bond motifs is 1. The van der Waals surface area contributed by atoms with Crippen LogP contribution in [0.3, 0.4) is 0 Å². The van der Waals surface area contributed by atoms with Crippen molar-refractivity contribution in [3.05, 3.63) is 0 Å². The highest BCUT2D eigenvalue weighted by molar-refractivity contribution is 7.80. The second-order valence-corrected chi connectivity index (χ2v) is 5.44. The lowest BCUT2D eigenvalue weighted by Gasteiger charge is -2.21. The van der Waals surface area contributed by atoms with Crippen molar-refractivity contribution in [2.45, 2.75) is 32.6 Å². The van der Waals surface area contributed by atoms with Crippen LogP contribution in [0.25, 0.3) is 0 Å². The molecule has 0 aromatic heterocycles. The van der Waals surface area contributed by atoms with Crippen molar-refractivity contribution in [2.24, 2.45) is 23.5 Å². The Balaban J connectivity index is 1.84. The van der Waals surface area contributed by atoms with E-state index in [4.69, 9.17) is 18.0 Å². The van der Waals surface area contributed by atoms with Crippen molar-refractivity contribution in [2.75, 3.05) is 13.1 Å². The van der Waals surface area contributed by atoms with Gasteiger partial charge in [-0.2, -0.15) is 0 Å². The molecule has 0 aliphatic heterocycles. The Morgan fingerprint density at radius 1 is 1.44 bits per heavy atom. The molecule has 0 bridgehead atoms. The molecule has 2 N–H and O–H groups in total. The fourth-order valence-electron chi connectivity index (χ4n) is 3.07. The quantitative estimate of drug-likeness (QED) is 0.742. The second-order valence-electron chi connectivity index (χ2n) is 4.92. The van der Waals surface area contributed by atoms with Gasteiger partial charge in [0.1, 0.15) is 0 Å². The molecule has 0 heterocycles. The van der Waals surface area contributed by atoms with Crippen LogP contribution in [0, 0.1) is 17.8 Å². The fourth-order valence-corrected chi connectivity index (χ4v) is 3.16.